The van der Waals surface area contributed by atoms with Gasteiger partial charge in [0, 0.05) is 6.07 Å². The fourth-order valence-electron chi connectivity index (χ4n) is 2.62. The van der Waals surface area contributed by atoms with Crippen LogP contribution in [0.1, 0.15) is 36.7 Å². The molecule has 1 aliphatic carbocycles. The number of ether oxygens (including phenoxy) is 2. The normalized spacial score (nSPS) is 15.2. The molecule has 0 aliphatic heterocycles. The van der Waals surface area contributed by atoms with Crippen LogP contribution in [0.2, 0.25) is 0 Å². The Balaban J connectivity index is 2.24. The van der Waals surface area contributed by atoms with Gasteiger partial charge in [0.15, 0.2) is 17.0 Å². The lowest BCUT2D eigenvalue weighted by Crippen LogP contribution is -2.39. The van der Waals surface area contributed by atoms with Crippen molar-refractivity contribution in [2.24, 2.45) is 0 Å². The van der Waals surface area contributed by atoms with Crippen LogP contribution in [0, 0.1) is 12.1 Å². The lowest BCUT2D eigenvalue weighted by atomic mass is 9.84. The minimum atomic E-state index is 0.295. The van der Waals surface area contributed by atoms with Crippen LogP contribution < -0.4 is 14.2 Å². The molecule has 106 valence electrons. The first kappa shape index (κ1) is 13.0. The summed E-state index contributed by atoms with van der Waals surface area (Å²) < 4.78 is 11.6. The molecule has 1 fully saturated rings. The van der Waals surface area contributed by atoms with Crippen molar-refractivity contribution in [1.82, 2.24) is 4.98 Å². The van der Waals surface area contributed by atoms with Crippen LogP contribution >= 0.6 is 0 Å². The van der Waals surface area contributed by atoms with Crippen LogP contribution in [0.5, 0.6) is 11.5 Å². The smallest absolute Gasteiger partial charge is 0.305 e. The van der Waals surface area contributed by atoms with Gasteiger partial charge in [-0.2, -0.15) is 0 Å². The van der Waals surface area contributed by atoms with E-state index < -0.39 is 0 Å². The number of hydrogen-bond donors (Lipinski definition) is 0. The second-order valence-corrected chi connectivity index (χ2v) is 5.20. The Morgan fingerprint density at radius 2 is 1.85 bits per heavy atom. The molecule has 1 heterocycles. The highest BCUT2D eigenvalue weighted by atomic mass is 16.5. The van der Waals surface area contributed by atoms with E-state index in [-0.39, 0.29) is 0 Å². The van der Waals surface area contributed by atoms with E-state index >= 15 is 0 Å². The van der Waals surface area contributed by atoms with Gasteiger partial charge in [-0.05, 0) is 30.8 Å². The van der Waals surface area contributed by atoms with Crippen molar-refractivity contribution in [1.29, 1.82) is 0 Å². The third-order valence-corrected chi connectivity index (χ3v) is 4.11. The highest BCUT2D eigenvalue weighted by Crippen LogP contribution is 2.36. The van der Waals surface area contributed by atoms with Crippen LogP contribution in [-0.2, 0) is 0 Å². The van der Waals surface area contributed by atoms with Gasteiger partial charge in [-0.15, -0.1) is 0 Å². The summed E-state index contributed by atoms with van der Waals surface area (Å²) in [7, 11) is 3.18. The molecule has 0 saturated heterocycles. The van der Waals surface area contributed by atoms with Crippen LogP contribution in [0.15, 0.2) is 12.1 Å². The summed E-state index contributed by atoms with van der Waals surface area (Å²) in [6, 6.07) is 3.65. The Morgan fingerprint density at radius 1 is 1.20 bits per heavy atom. The Labute approximate surface area is 117 Å². The van der Waals surface area contributed by atoms with E-state index in [0.717, 1.165) is 28.5 Å². The van der Waals surface area contributed by atoms with E-state index in [1.807, 2.05) is 19.1 Å². The van der Waals surface area contributed by atoms with Crippen LogP contribution in [-0.4, -0.2) is 19.2 Å². The number of benzene rings is 1. The Hall–Kier alpha value is -2.04. The van der Waals surface area contributed by atoms with Crippen LogP contribution in [0.25, 0.3) is 10.9 Å². The van der Waals surface area contributed by atoms with E-state index in [0.29, 0.717) is 28.9 Å². The molecule has 0 N–H and O–H groups in total. The first-order valence-corrected chi connectivity index (χ1v) is 6.81. The summed E-state index contributed by atoms with van der Waals surface area (Å²) in [5, 5.41) is 13.2. The maximum atomic E-state index is 12.4. The minimum absolute atomic E-state index is 0.295. The lowest BCUT2D eigenvalue weighted by molar-refractivity contribution is -0.625. The summed E-state index contributed by atoms with van der Waals surface area (Å²) in [5.74, 6) is 2.17. The molecule has 0 amide bonds. The molecule has 5 heteroatoms. The van der Waals surface area contributed by atoms with Gasteiger partial charge < -0.3 is 14.7 Å². The number of aryl methyl sites for hydroxylation is 1. The monoisotopic (exact) mass is 274 g/mol. The van der Waals surface area contributed by atoms with Crippen molar-refractivity contribution in [3.63, 3.8) is 0 Å². The quantitative estimate of drug-likeness (QED) is 0.637. The van der Waals surface area contributed by atoms with Crippen LogP contribution in [0.4, 0.5) is 0 Å². The van der Waals surface area contributed by atoms with Gasteiger partial charge in [-0.25, -0.2) is 4.73 Å². The SMILES string of the molecule is COc1cc2nc(C3CCC3)[n+]([O-])c(C)c2cc1OC. The van der Waals surface area contributed by atoms with Crippen molar-refractivity contribution >= 4 is 10.9 Å². The molecule has 0 unspecified atom stereocenters. The predicted octanol–water partition coefficient (Wildman–Crippen LogP) is 2.46. The number of rotatable bonds is 3. The zero-order valence-electron chi connectivity index (χ0n) is 12.0. The topological polar surface area (TPSA) is 58.3 Å². The predicted molar refractivity (Wildman–Crippen MR) is 75.1 cm³/mol. The van der Waals surface area contributed by atoms with Crippen molar-refractivity contribution in [3.8, 4) is 11.5 Å². The number of fused-ring (bicyclic) bond motifs is 1. The number of hydrogen-bond acceptors (Lipinski definition) is 4. The third-order valence-electron chi connectivity index (χ3n) is 4.11. The third kappa shape index (κ3) is 1.85. The van der Waals surface area contributed by atoms with Gasteiger partial charge in [0.2, 0.25) is 0 Å². The maximum absolute atomic E-state index is 12.4. The highest BCUT2D eigenvalue weighted by molar-refractivity contribution is 5.83. The van der Waals surface area contributed by atoms with Gasteiger partial charge in [0.1, 0.15) is 5.69 Å². The van der Waals surface area contributed by atoms with E-state index in [1.165, 1.54) is 6.42 Å². The molecule has 5 nitrogen and oxygen atoms in total. The second kappa shape index (κ2) is 4.81. The lowest BCUT2D eigenvalue weighted by Gasteiger charge is -2.24. The first-order valence-electron chi connectivity index (χ1n) is 6.81. The van der Waals surface area contributed by atoms with Gasteiger partial charge in [-0.1, -0.05) is 6.42 Å². The van der Waals surface area contributed by atoms with Crippen molar-refractivity contribution in [2.75, 3.05) is 14.2 Å². The standard InChI is InChI=1S/C15H18N2O3/c1-9-11-7-13(19-2)14(20-3)8-12(11)16-15(17(9)18)10-5-4-6-10/h7-8,10H,4-6H2,1-3H3. The van der Waals surface area contributed by atoms with Gasteiger partial charge in [0.05, 0.1) is 25.5 Å². The van der Waals surface area contributed by atoms with Crippen molar-refractivity contribution in [2.45, 2.75) is 32.1 Å². The molecule has 2 aromatic rings. The van der Waals surface area contributed by atoms with Gasteiger partial charge >= 0.3 is 5.82 Å². The van der Waals surface area contributed by atoms with E-state index in [1.54, 1.807) is 14.2 Å². The molecule has 0 radical (unpaired) electrons. The van der Waals surface area contributed by atoms with E-state index in [4.69, 9.17) is 9.47 Å². The van der Waals surface area contributed by atoms with Crippen molar-refractivity contribution in [3.05, 3.63) is 28.9 Å². The second-order valence-electron chi connectivity index (χ2n) is 5.20. The molecule has 1 saturated carbocycles. The fraction of sp³-hybridized carbons (Fsp3) is 0.467. The molecule has 0 atom stereocenters. The zero-order chi connectivity index (χ0) is 14.3. The molecule has 20 heavy (non-hydrogen) atoms. The minimum Gasteiger partial charge on any atom is -0.711 e. The number of nitrogens with zero attached hydrogens (tertiary/aromatic N) is 2. The fourth-order valence-corrected chi connectivity index (χ4v) is 2.62. The molecule has 1 aliphatic rings. The average Bonchev–Trinajstić information content (AvgIpc) is 2.41. The average molecular weight is 274 g/mol. The molecular weight excluding hydrogens is 256 g/mol. The highest BCUT2D eigenvalue weighted by Gasteiger charge is 2.30. The van der Waals surface area contributed by atoms with E-state index in [2.05, 4.69) is 4.98 Å². The number of aromatic nitrogens is 2. The first-order chi connectivity index (χ1) is 9.65. The molecule has 1 aromatic carbocycles. The van der Waals surface area contributed by atoms with Gasteiger partial charge in [0.25, 0.3) is 0 Å². The molecular formula is C15H18N2O3. The Bertz CT molecular complexity index is 666. The number of methoxy groups -OCH3 is 2. The molecule has 0 bridgehead atoms. The van der Waals surface area contributed by atoms with Crippen LogP contribution in [0.3, 0.4) is 0 Å². The summed E-state index contributed by atoms with van der Waals surface area (Å²) in [5.41, 5.74) is 1.45. The maximum Gasteiger partial charge on any atom is 0.305 e. The molecule has 0 spiro atoms. The van der Waals surface area contributed by atoms with Gasteiger partial charge in [-0.3, -0.25) is 0 Å². The largest absolute Gasteiger partial charge is 0.711 e. The van der Waals surface area contributed by atoms with Crippen molar-refractivity contribution < 1.29 is 14.2 Å². The summed E-state index contributed by atoms with van der Waals surface area (Å²) in [6.45, 7) is 1.82. The van der Waals surface area contributed by atoms with E-state index in [9.17, 15) is 5.21 Å². The Kier molecular flexibility index (Phi) is 3.12. The summed E-state index contributed by atoms with van der Waals surface area (Å²) in [4.78, 5) is 4.56. The summed E-state index contributed by atoms with van der Waals surface area (Å²) in [6.07, 6.45) is 3.27. The molecule has 3 rings (SSSR count). The zero-order valence-corrected chi connectivity index (χ0v) is 12.0. The molecule has 1 aromatic heterocycles. The summed E-state index contributed by atoms with van der Waals surface area (Å²) >= 11 is 0. The Morgan fingerprint density at radius 3 is 2.40 bits per heavy atom.